The van der Waals surface area contributed by atoms with Gasteiger partial charge in [-0.15, -0.1) is 0 Å². The molecule has 0 aliphatic heterocycles. The summed E-state index contributed by atoms with van der Waals surface area (Å²) in [5, 5.41) is 2.74. The van der Waals surface area contributed by atoms with E-state index in [9.17, 15) is 0 Å². The molecule has 0 N–H and O–H groups in total. The maximum Gasteiger partial charge on any atom is 0.119 e. The van der Waals surface area contributed by atoms with Crippen LogP contribution >= 0.6 is 0 Å². The number of hydrogen-bond donors (Lipinski definition) is 0. The summed E-state index contributed by atoms with van der Waals surface area (Å²) >= 11 is 0. The molecule has 29 heavy (non-hydrogen) atoms. The summed E-state index contributed by atoms with van der Waals surface area (Å²) in [6, 6.07) is 20.7. The van der Waals surface area contributed by atoms with Crippen molar-refractivity contribution >= 4 is 10.8 Å². The molecule has 0 bridgehead atoms. The molecule has 0 heterocycles. The van der Waals surface area contributed by atoms with E-state index in [2.05, 4.69) is 80.6 Å². The molecule has 0 radical (unpaired) electrons. The lowest BCUT2D eigenvalue weighted by Gasteiger charge is -2.26. The Labute approximate surface area is 175 Å². The highest BCUT2D eigenvalue weighted by molar-refractivity contribution is 5.84. The highest BCUT2D eigenvalue weighted by Gasteiger charge is 2.21. The molecule has 1 aliphatic rings. The number of hydrogen-bond acceptors (Lipinski definition) is 1. The van der Waals surface area contributed by atoms with Crippen LogP contribution in [0.4, 0.5) is 0 Å². The smallest absolute Gasteiger partial charge is 0.119 e. The summed E-state index contributed by atoms with van der Waals surface area (Å²) in [5.74, 6) is 1.63. The normalized spacial score (nSPS) is 16.3. The molecule has 1 heteroatoms. The molecule has 3 aromatic carbocycles. The minimum Gasteiger partial charge on any atom is -0.493 e. The Morgan fingerprint density at radius 3 is 2.69 bits per heavy atom. The topological polar surface area (TPSA) is 9.23 Å². The zero-order chi connectivity index (χ0) is 20.1. The third kappa shape index (κ3) is 4.72. The van der Waals surface area contributed by atoms with Crippen LogP contribution in [0.15, 0.2) is 66.7 Å². The molecule has 0 amide bonds. The predicted molar refractivity (Wildman–Crippen MR) is 124 cm³/mol. The molecule has 4 rings (SSSR count). The van der Waals surface area contributed by atoms with Crippen LogP contribution in [-0.2, 0) is 19.3 Å². The molecule has 1 unspecified atom stereocenters. The maximum absolute atomic E-state index is 5.91. The predicted octanol–water partition coefficient (Wildman–Crippen LogP) is 7.41. The second-order valence-electron chi connectivity index (χ2n) is 8.27. The van der Waals surface area contributed by atoms with E-state index in [1.165, 1.54) is 45.9 Å². The number of ether oxygens (including phenoxy) is 1. The molecular weight excluding hydrogens is 352 g/mol. The first-order chi connectivity index (χ1) is 14.3. The number of aryl methyl sites for hydroxylation is 2. The molecule has 0 saturated heterocycles. The van der Waals surface area contributed by atoms with Crippen molar-refractivity contribution in [2.75, 3.05) is 6.61 Å². The lowest BCUT2D eigenvalue weighted by atomic mass is 9.79. The van der Waals surface area contributed by atoms with Gasteiger partial charge in [-0.2, -0.15) is 0 Å². The average Bonchev–Trinajstić information content (AvgIpc) is 2.76. The van der Waals surface area contributed by atoms with Gasteiger partial charge in [-0.3, -0.25) is 0 Å². The van der Waals surface area contributed by atoms with Crippen molar-refractivity contribution in [3.05, 3.63) is 89.0 Å². The minimum atomic E-state index is 0.615. The van der Waals surface area contributed by atoms with Crippen molar-refractivity contribution in [2.24, 2.45) is 0 Å². The number of benzene rings is 3. The first-order valence-electron chi connectivity index (χ1n) is 11.1. The number of allylic oxidation sites excluding steroid dienone is 1. The average molecular weight is 385 g/mol. The van der Waals surface area contributed by atoms with Gasteiger partial charge in [0.15, 0.2) is 0 Å². The molecule has 1 nitrogen and oxygen atoms in total. The van der Waals surface area contributed by atoms with Gasteiger partial charge in [0.1, 0.15) is 5.75 Å². The van der Waals surface area contributed by atoms with Crippen molar-refractivity contribution < 1.29 is 4.74 Å². The summed E-state index contributed by atoms with van der Waals surface area (Å²) in [5.41, 5.74) is 5.89. The summed E-state index contributed by atoms with van der Waals surface area (Å²) < 4.78 is 5.91. The zero-order valence-corrected chi connectivity index (χ0v) is 17.8. The van der Waals surface area contributed by atoms with Crippen LogP contribution in [0.5, 0.6) is 5.75 Å². The quantitative estimate of drug-likeness (QED) is 0.304. The van der Waals surface area contributed by atoms with E-state index in [0.29, 0.717) is 5.92 Å². The van der Waals surface area contributed by atoms with Crippen LogP contribution in [0.1, 0.15) is 61.3 Å². The van der Waals surface area contributed by atoms with Crippen molar-refractivity contribution in [3.8, 4) is 5.75 Å². The fraction of sp³-hybridized carbons (Fsp3) is 0.357. The van der Waals surface area contributed by atoms with E-state index in [0.717, 1.165) is 38.0 Å². The van der Waals surface area contributed by atoms with E-state index in [-0.39, 0.29) is 0 Å². The van der Waals surface area contributed by atoms with E-state index in [4.69, 9.17) is 4.74 Å². The fourth-order valence-corrected chi connectivity index (χ4v) is 4.53. The van der Waals surface area contributed by atoms with Gasteiger partial charge in [-0.05, 0) is 90.1 Å². The van der Waals surface area contributed by atoms with E-state index >= 15 is 0 Å². The van der Waals surface area contributed by atoms with E-state index in [1.54, 1.807) is 0 Å². The van der Waals surface area contributed by atoms with Crippen LogP contribution in [0.3, 0.4) is 0 Å². The number of rotatable bonds is 7. The highest BCUT2D eigenvalue weighted by Crippen LogP contribution is 2.35. The Morgan fingerprint density at radius 2 is 1.83 bits per heavy atom. The van der Waals surface area contributed by atoms with Crippen LogP contribution in [0.2, 0.25) is 0 Å². The molecule has 1 aliphatic carbocycles. The first kappa shape index (κ1) is 19.8. The lowest BCUT2D eigenvalue weighted by Crippen LogP contribution is -2.13. The van der Waals surface area contributed by atoms with Crippen LogP contribution in [-0.4, -0.2) is 6.61 Å². The highest BCUT2D eigenvalue weighted by atomic mass is 16.5. The van der Waals surface area contributed by atoms with Crippen molar-refractivity contribution in [3.63, 3.8) is 0 Å². The first-order valence-corrected chi connectivity index (χ1v) is 11.1. The summed E-state index contributed by atoms with van der Waals surface area (Å²) in [7, 11) is 0. The summed E-state index contributed by atoms with van der Waals surface area (Å²) in [6.45, 7) is 5.05. The summed E-state index contributed by atoms with van der Waals surface area (Å²) in [4.78, 5) is 0. The monoisotopic (exact) mass is 384 g/mol. The largest absolute Gasteiger partial charge is 0.493 e. The van der Waals surface area contributed by atoms with E-state index in [1.807, 2.05) is 0 Å². The molecule has 0 spiro atoms. The standard InChI is InChI=1S/C28H32O/c1-3-5-6-16-29-28-15-14-26-19-25(12-13-27(26)20-28)24-11-10-22-17-21(7-4-2)8-9-23(22)18-24/h3,5,8-11,14-15,17-18,20,25H,4,6-7,12-13,16,19H2,1-2H3. The second kappa shape index (κ2) is 9.31. The fourth-order valence-electron chi connectivity index (χ4n) is 4.53. The zero-order valence-electron chi connectivity index (χ0n) is 17.8. The molecule has 3 aromatic rings. The Bertz CT molecular complexity index is 998. The minimum absolute atomic E-state index is 0.615. The van der Waals surface area contributed by atoms with Crippen molar-refractivity contribution in [1.29, 1.82) is 0 Å². The van der Waals surface area contributed by atoms with Gasteiger partial charge in [0.25, 0.3) is 0 Å². The van der Waals surface area contributed by atoms with E-state index < -0.39 is 0 Å². The van der Waals surface area contributed by atoms with Gasteiger partial charge in [-0.25, -0.2) is 0 Å². The Hall–Kier alpha value is -2.54. The second-order valence-corrected chi connectivity index (χ2v) is 8.27. The summed E-state index contributed by atoms with van der Waals surface area (Å²) in [6.07, 6.45) is 11.1. The lowest BCUT2D eigenvalue weighted by molar-refractivity contribution is 0.324. The van der Waals surface area contributed by atoms with Gasteiger partial charge in [0.05, 0.1) is 6.61 Å². The third-order valence-electron chi connectivity index (χ3n) is 6.13. The van der Waals surface area contributed by atoms with Crippen LogP contribution in [0, 0.1) is 0 Å². The maximum atomic E-state index is 5.91. The van der Waals surface area contributed by atoms with Crippen molar-refractivity contribution in [1.82, 2.24) is 0 Å². The Balaban J connectivity index is 1.47. The number of fused-ring (bicyclic) bond motifs is 2. The van der Waals surface area contributed by atoms with Crippen molar-refractivity contribution in [2.45, 2.75) is 58.3 Å². The van der Waals surface area contributed by atoms with Gasteiger partial charge in [-0.1, -0.05) is 68.0 Å². The van der Waals surface area contributed by atoms with Gasteiger partial charge in [0.2, 0.25) is 0 Å². The SMILES string of the molecule is CC=CCCOc1ccc2c(c1)CCC(c1ccc3cc(CCC)ccc3c1)C2. The van der Waals surface area contributed by atoms with Gasteiger partial charge < -0.3 is 4.74 Å². The van der Waals surface area contributed by atoms with Gasteiger partial charge >= 0.3 is 0 Å². The Kier molecular flexibility index (Phi) is 6.34. The molecule has 150 valence electrons. The molecule has 0 fully saturated rings. The molecule has 1 atom stereocenters. The molecule has 0 saturated carbocycles. The van der Waals surface area contributed by atoms with Crippen LogP contribution in [0.25, 0.3) is 10.8 Å². The van der Waals surface area contributed by atoms with Gasteiger partial charge in [0, 0.05) is 0 Å². The Morgan fingerprint density at radius 1 is 0.966 bits per heavy atom. The van der Waals surface area contributed by atoms with Crippen LogP contribution < -0.4 is 4.74 Å². The molecular formula is C28H32O. The molecule has 0 aromatic heterocycles. The third-order valence-corrected chi connectivity index (χ3v) is 6.13.